The average molecular weight is 404 g/mol. The Morgan fingerprint density at radius 1 is 1.21 bits per heavy atom. The molecule has 0 fully saturated rings. The fourth-order valence-corrected chi connectivity index (χ4v) is 3.23. The number of guanidine groups is 1. The van der Waals surface area contributed by atoms with Crippen LogP contribution in [0.5, 0.6) is 5.75 Å². The number of ether oxygens (including phenoxy) is 1. The van der Waals surface area contributed by atoms with Crippen LogP contribution in [-0.2, 0) is 6.54 Å². The minimum absolute atomic E-state index is 0.0953. The molecule has 0 atom stereocenters. The van der Waals surface area contributed by atoms with Gasteiger partial charge in [-0.25, -0.2) is 4.98 Å². The van der Waals surface area contributed by atoms with E-state index < -0.39 is 0 Å². The van der Waals surface area contributed by atoms with E-state index in [1.807, 2.05) is 6.92 Å². The predicted molar refractivity (Wildman–Crippen MR) is 114 cm³/mol. The van der Waals surface area contributed by atoms with Gasteiger partial charge in [-0.1, -0.05) is 19.1 Å². The molecule has 1 amide bonds. The third-order valence-corrected chi connectivity index (χ3v) is 4.94. The van der Waals surface area contributed by atoms with E-state index in [2.05, 4.69) is 58.0 Å². The van der Waals surface area contributed by atoms with Crippen molar-refractivity contribution in [1.29, 1.82) is 0 Å². The van der Waals surface area contributed by atoms with Crippen LogP contribution in [0.1, 0.15) is 39.8 Å². The standard InChI is InChI=1S/C20H29N5O2S/c1-5-10-27-17-11-14(2)6-7-16(17)12-24-20(21-4)23-9-8-22-19(26)18-15(3)25-13-28-18/h6-7,11,13H,5,8-10,12H2,1-4H3,(H,22,26)(H2,21,23,24). The Bertz CT molecular complexity index is 804. The second kappa shape index (κ2) is 11.3. The van der Waals surface area contributed by atoms with E-state index in [1.165, 1.54) is 16.9 Å². The van der Waals surface area contributed by atoms with Gasteiger partial charge in [0.05, 0.1) is 17.8 Å². The Kier molecular flexibility index (Phi) is 8.74. The molecular weight excluding hydrogens is 374 g/mol. The zero-order valence-corrected chi connectivity index (χ0v) is 17.8. The molecule has 1 aromatic heterocycles. The first-order valence-electron chi connectivity index (χ1n) is 9.40. The summed E-state index contributed by atoms with van der Waals surface area (Å²) in [6, 6.07) is 6.20. The number of nitrogens with one attached hydrogen (secondary N) is 3. The van der Waals surface area contributed by atoms with Gasteiger partial charge in [-0.05, 0) is 31.9 Å². The third kappa shape index (κ3) is 6.53. The largest absolute Gasteiger partial charge is 0.493 e. The zero-order valence-electron chi connectivity index (χ0n) is 17.0. The molecule has 152 valence electrons. The Balaban J connectivity index is 1.79. The number of thiazole rings is 1. The number of hydrogen-bond acceptors (Lipinski definition) is 5. The van der Waals surface area contributed by atoms with E-state index in [9.17, 15) is 4.79 Å². The minimum Gasteiger partial charge on any atom is -0.493 e. The van der Waals surface area contributed by atoms with Crippen molar-refractivity contribution in [3.05, 3.63) is 45.4 Å². The summed E-state index contributed by atoms with van der Waals surface area (Å²) < 4.78 is 5.85. The molecule has 7 nitrogen and oxygen atoms in total. The first-order chi connectivity index (χ1) is 13.5. The molecule has 0 radical (unpaired) electrons. The van der Waals surface area contributed by atoms with Gasteiger partial charge >= 0.3 is 0 Å². The quantitative estimate of drug-likeness (QED) is 0.340. The fourth-order valence-electron chi connectivity index (χ4n) is 2.51. The summed E-state index contributed by atoms with van der Waals surface area (Å²) in [5.74, 6) is 1.48. The first kappa shape index (κ1) is 21.7. The Hall–Kier alpha value is -2.61. The van der Waals surface area contributed by atoms with Crippen molar-refractivity contribution in [3.8, 4) is 5.75 Å². The molecule has 0 aliphatic heterocycles. The molecule has 0 saturated carbocycles. The maximum absolute atomic E-state index is 12.1. The van der Waals surface area contributed by atoms with Gasteiger partial charge in [0, 0.05) is 32.2 Å². The molecule has 0 spiro atoms. The van der Waals surface area contributed by atoms with Gasteiger partial charge in [-0.2, -0.15) is 0 Å². The summed E-state index contributed by atoms with van der Waals surface area (Å²) in [7, 11) is 1.72. The van der Waals surface area contributed by atoms with Crippen LogP contribution >= 0.6 is 11.3 Å². The SMILES string of the molecule is CCCOc1cc(C)ccc1CNC(=NC)NCCNC(=O)c1scnc1C. The van der Waals surface area contributed by atoms with Crippen molar-refractivity contribution in [2.45, 2.75) is 33.7 Å². The average Bonchev–Trinajstić information content (AvgIpc) is 3.12. The van der Waals surface area contributed by atoms with E-state index >= 15 is 0 Å². The molecule has 2 aromatic rings. The van der Waals surface area contributed by atoms with Crippen molar-refractivity contribution in [2.24, 2.45) is 4.99 Å². The Morgan fingerprint density at radius 3 is 2.68 bits per heavy atom. The summed E-state index contributed by atoms with van der Waals surface area (Å²) >= 11 is 1.35. The molecule has 28 heavy (non-hydrogen) atoms. The number of amides is 1. The van der Waals surface area contributed by atoms with E-state index in [0.29, 0.717) is 37.1 Å². The van der Waals surface area contributed by atoms with E-state index in [0.717, 1.165) is 23.4 Å². The molecule has 3 N–H and O–H groups in total. The highest BCUT2D eigenvalue weighted by Gasteiger charge is 2.11. The molecule has 0 aliphatic carbocycles. The highest BCUT2D eigenvalue weighted by molar-refractivity contribution is 7.11. The van der Waals surface area contributed by atoms with Gasteiger partial charge < -0.3 is 20.7 Å². The number of aliphatic imine (C=N–C) groups is 1. The number of carbonyl (C=O) groups excluding carboxylic acids is 1. The highest BCUT2D eigenvalue weighted by Crippen LogP contribution is 2.20. The smallest absolute Gasteiger partial charge is 0.263 e. The summed E-state index contributed by atoms with van der Waals surface area (Å²) in [5.41, 5.74) is 4.69. The maximum atomic E-state index is 12.1. The monoisotopic (exact) mass is 403 g/mol. The topological polar surface area (TPSA) is 87.6 Å². The normalized spacial score (nSPS) is 11.2. The van der Waals surface area contributed by atoms with Crippen molar-refractivity contribution in [3.63, 3.8) is 0 Å². The number of benzene rings is 1. The molecule has 8 heteroatoms. The summed E-state index contributed by atoms with van der Waals surface area (Å²) in [4.78, 5) is 21.0. The van der Waals surface area contributed by atoms with Gasteiger partial charge in [-0.15, -0.1) is 11.3 Å². The second-order valence-electron chi connectivity index (χ2n) is 6.33. The van der Waals surface area contributed by atoms with Crippen LogP contribution in [0.3, 0.4) is 0 Å². The first-order valence-corrected chi connectivity index (χ1v) is 10.3. The maximum Gasteiger partial charge on any atom is 0.263 e. The van der Waals surface area contributed by atoms with Crippen LogP contribution in [0.2, 0.25) is 0 Å². The van der Waals surface area contributed by atoms with Crippen molar-refractivity contribution < 1.29 is 9.53 Å². The lowest BCUT2D eigenvalue weighted by atomic mass is 10.1. The summed E-state index contributed by atoms with van der Waals surface area (Å²) in [6.45, 7) is 8.34. The third-order valence-electron chi connectivity index (χ3n) is 4.01. The van der Waals surface area contributed by atoms with Gasteiger partial charge in [0.25, 0.3) is 5.91 Å². The van der Waals surface area contributed by atoms with E-state index in [-0.39, 0.29) is 5.91 Å². The number of rotatable bonds is 9. The number of aryl methyl sites for hydroxylation is 2. The molecule has 1 heterocycles. The molecular formula is C20H29N5O2S. The van der Waals surface area contributed by atoms with Crippen LogP contribution in [0, 0.1) is 13.8 Å². The van der Waals surface area contributed by atoms with Gasteiger partial charge in [0.15, 0.2) is 5.96 Å². The molecule has 0 aliphatic rings. The second-order valence-corrected chi connectivity index (χ2v) is 7.19. The van der Waals surface area contributed by atoms with Crippen LogP contribution < -0.4 is 20.7 Å². The van der Waals surface area contributed by atoms with Crippen LogP contribution in [0.25, 0.3) is 0 Å². The summed E-state index contributed by atoms with van der Waals surface area (Å²) in [5, 5.41) is 9.37. The minimum atomic E-state index is -0.0953. The molecule has 2 rings (SSSR count). The predicted octanol–water partition coefficient (Wildman–Crippen LogP) is 2.64. The lowest BCUT2D eigenvalue weighted by molar-refractivity contribution is 0.0957. The molecule has 0 unspecified atom stereocenters. The lowest BCUT2D eigenvalue weighted by Gasteiger charge is -2.15. The van der Waals surface area contributed by atoms with Crippen molar-refractivity contribution in [2.75, 3.05) is 26.7 Å². The van der Waals surface area contributed by atoms with Crippen molar-refractivity contribution in [1.82, 2.24) is 20.9 Å². The molecule has 0 saturated heterocycles. The highest BCUT2D eigenvalue weighted by atomic mass is 32.1. The Morgan fingerprint density at radius 2 is 2.00 bits per heavy atom. The Labute approximate surface area is 170 Å². The van der Waals surface area contributed by atoms with E-state index in [1.54, 1.807) is 12.6 Å². The van der Waals surface area contributed by atoms with E-state index in [4.69, 9.17) is 4.74 Å². The van der Waals surface area contributed by atoms with Crippen LogP contribution in [0.15, 0.2) is 28.7 Å². The summed E-state index contributed by atoms with van der Waals surface area (Å²) in [6.07, 6.45) is 0.969. The number of carbonyl (C=O) groups is 1. The zero-order chi connectivity index (χ0) is 20.4. The van der Waals surface area contributed by atoms with Crippen LogP contribution in [0.4, 0.5) is 0 Å². The van der Waals surface area contributed by atoms with Gasteiger partial charge in [0.1, 0.15) is 10.6 Å². The van der Waals surface area contributed by atoms with Crippen LogP contribution in [-0.4, -0.2) is 43.6 Å². The van der Waals surface area contributed by atoms with Crippen molar-refractivity contribution >= 4 is 23.2 Å². The molecule has 1 aromatic carbocycles. The van der Waals surface area contributed by atoms with Gasteiger partial charge in [-0.3, -0.25) is 9.79 Å². The molecule has 0 bridgehead atoms. The lowest BCUT2D eigenvalue weighted by Crippen LogP contribution is -2.41. The number of aromatic nitrogens is 1. The number of hydrogen-bond donors (Lipinski definition) is 3. The fraction of sp³-hybridized carbons (Fsp3) is 0.450. The number of nitrogens with zero attached hydrogens (tertiary/aromatic N) is 2. The van der Waals surface area contributed by atoms with Gasteiger partial charge in [0.2, 0.25) is 0 Å².